The summed E-state index contributed by atoms with van der Waals surface area (Å²) < 4.78 is 6.01. The average Bonchev–Trinajstić information content (AvgIpc) is 2.91. The first-order valence-corrected chi connectivity index (χ1v) is 7.75. The van der Waals surface area contributed by atoms with E-state index in [1.165, 1.54) is 20.0 Å². The van der Waals surface area contributed by atoms with E-state index < -0.39 is 0 Å². The number of halogens is 1. The normalized spacial score (nSPS) is 14.9. The third-order valence-corrected chi connectivity index (χ3v) is 4.04. The van der Waals surface area contributed by atoms with E-state index in [9.17, 15) is 4.79 Å². The molecule has 0 spiro atoms. The van der Waals surface area contributed by atoms with Gasteiger partial charge in [0.05, 0.1) is 12.7 Å². The Hall–Kier alpha value is -1.14. The number of methoxy groups -OCH3 is 1. The Morgan fingerprint density at radius 1 is 1.40 bits per heavy atom. The van der Waals surface area contributed by atoms with Gasteiger partial charge in [0.15, 0.2) is 5.11 Å². The monoisotopic (exact) mass is 356 g/mol. The maximum Gasteiger partial charge on any atom is 0.261 e. The summed E-state index contributed by atoms with van der Waals surface area (Å²) in [5, 5.41) is 6.26. The maximum atomic E-state index is 12.2. The third kappa shape index (κ3) is 3.93. The highest BCUT2D eigenvalue weighted by Crippen LogP contribution is 2.23. The van der Waals surface area contributed by atoms with Crippen molar-refractivity contribution in [3.05, 3.63) is 28.2 Å². The summed E-state index contributed by atoms with van der Waals surface area (Å²) in [6.45, 7) is 0. The summed E-state index contributed by atoms with van der Waals surface area (Å²) in [4.78, 5) is 12.2. The Morgan fingerprint density at radius 2 is 2.10 bits per heavy atom. The Morgan fingerprint density at radius 3 is 2.75 bits per heavy atom. The van der Waals surface area contributed by atoms with Gasteiger partial charge < -0.3 is 10.1 Å². The van der Waals surface area contributed by atoms with Crippen LogP contribution < -0.4 is 15.4 Å². The Balaban J connectivity index is 2.00. The van der Waals surface area contributed by atoms with Crippen LogP contribution in [0.1, 0.15) is 36.0 Å². The molecule has 0 bridgehead atoms. The first-order chi connectivity index (χ1) is 9.60. The zero-order chi connectivity index (χ0) is 14.5. The van der Waals surface area contributed by atoms with Crippen molar-refractivity contribution in [2.75, 3.05) is 7.11 Å². The standard InChI is InChI=1S/C14H17BrN2O2S/c1-19-12-7-6-9(15)8-11(12)13(18)17-14(20)16-10-4-2-3-5-10/h6-8,10H,2-5H2,1H3,(H2,16,17,18,20). The highest BCUT2D eigenvalue weighted by Gasteiger charge is 2.18. The first kappa shape index (κ1) is 15.3. The fraction of sp³-hybridized carbons (Fsp3) is 0.429. The molecule has 6 heteroatoms. The minimum Gasteiger partial charge on any atom is -0.496 e. The number of carbonyl (C=O) groups is 1. The fourth-order valence-electron chi connectivity index (χ4n) is 2.32. The number of ether oxygens (including phenoxy) is 1. The largest absolute Gasteiger partial charge is 0.496 e. The van der Waals surface area contributed by atoms with Crippen LogP contribution >= 0.6 is 28.1 Å². The van der Waals surface area contributed by atoms with Gasteiger partial charge in [-0.15, -0.1) is 0 Å². The Kier molecular flexibility index (Phi) is 5.37. The van der Waals surface area contributed by atoms with Crippen molar-refractivity contribution in [3.63, 3.8) is 0 Å². The number of nitrogens with one attached hydrogen (secondary N) is 2. The summed E-state index contributed by atoms with van der Waals surface area (Å²) in [5.41, 5.74) is 0.456. The van der Waals surface area contributed by atoms with Gasteiger partial charge in [-0.3, -0.25) is 10.1 Å². The van der Waals surface area contributed by atoms with Crippen molar-refractivity contribution in [3.8, 4) is 5.75 Å². The second-order valence-corrected chi connectivity index (χ2v) is 6.08. The van der Waals surface area contributed by atoms with Crippen LogP contribution in [0.5, 0.6) is 5.75 Å². The molecule has 0 aromatic heterocycles. The quantitative estimate of drug-likeness (QED) is 0.817. The van der Waals surface area contributed by atoms with Gasteiger partial charge in [0.1, 0.15) is 5.75 Å². The van der Waals surface area contributed by atoms with Gasteiger partial charge in [-0.25, -0.2) is 0 Å². The highest BCUT2D eigenvalue weighted by molar-refractivity contribution is 9.10. The number of hydrogen-bond donors (Lipinski definition) is 2. The first-order valence-electron chi connectivity index (χ1n) is 6.55. The van der Waals surface area contributed by atoms with Crippen LogP contribution in [0.2, 0.25) is 0 Å². The molecule has 0 heterocycles. The molecular weight excluding hydrogens is 340 g/mol. The van der Waals surface area contributed by atoms with Crippen LogP contribution in [-0.4, -0.2) is 24.2 Å². The number of rotatable bonds is 3. The van der Waals surface area contributed by atoms with Crippen LogP contribution in [0, 0.1) is 0 Å². The van der Waals surface area contributed by atoms with Crippen LogP contribution in [0.4, 0.5) is 0 Å². The van der Waals surface area contributed by atoms with Crippen molar-refractivity contribution in [2.45, 2.75) is 31.7 Å². The van der Waals surface area contributed by atoms with E-state index in [2.05, 4.69) is 26.6 Å². The lowest BCUT2D eigenvalue weighted by atomic mass is 10.2. The van der Waals surface area contributed by atoms with Gasteiger partial charge in [-0.05, 0) is 43.3 Å². The van der Waals surface area contributed by atoms with Crippen LogP contribution in [0.25, 0.3) is 0 Å². The summed E-state index contributed by atoms with van der Waals surface area (Å²) >= 11 is 8.53. The van der Waals surface area contributed by atoms with Crippen molar-refractivity contribution in [2.24, 2.45) is 0 Å². The molecule has 1 aliphatic carbocycles. The SMILES string of the molecule is COc1ccc(Br)cc1C(=O)NC(=S)NC1CCCC1. The molecule has 0 unspecified atom stereocenters. The molecular formula is C14H17BrN2O2S. The van der Waals surface area contributed by atoms with Gasteiger partial charge in [-0.2, -0.15) is 0 Å². The smallest absolute Gasteiger partial charge is 0.261 e. The van der Waals surface area contributed by atoms with E-state index in [-0.39, 0.29) is 5.91 Å². The molecule has 1 aromatic rings. The van der Waals surface area contributed by atoms with E-state index in [0.717, 1.165) is 17.3 Å². The molecule has 1 saturated carbocycles. The topological polar surface area (TPSA) is 50.4 Å². The lowest BCUT2D eigenvalue weighted by Crippen LogP contribution is -2.43. The highest BCUT2D eigenvalue weighted by atomic mass is 79.9. The molecule has 1 fully saturated rings. The number of amides is 1. The summed E-state index contributed by atoms with van der Waals surface area (Å²) in [7, 11) is 1.54. The third-order valence-electron chi connectivity index (χ3n) is 3.32. The van der Waals surface area contributed by atoms with Crippen molar-refractivity contribution >= 4 is 39.2 Å². The van der Waals surface area contributed by atoms with Crippen molar-refractivity contribution in [1.82, 2.24) is 10.6 Å². The number of hydrogen-bond acceptors (Lipinski definition) is 3. The minimum absolute atomic E-state index is 0.265. The molecule has 2 rings (SSSR count). The average molecular weight is 357 g/mol. The molecule has 1 aliphatic rings. The Bertz CT molecular complexity index is 516. The van der Waals surface area contributed by atoms with E-state index in [0.29, 0.717) is 22.5 Å². The Labute approximate surface area is 132 Å². The molecule has 4 nitrogen and oxygen atoms in total. The van der Waals surface area contributed by atoms with Gasteiger partial charge >= 0.3 is 0 Å². The molecule has 0 radical (unpaired) electrons. The number of benzene rings is 1. The second kappa shape index (κ2) is 7.04. The predicted molar refractivity (Wildman–Crippen MR) is 86.1 cm³/mol. The summed E-state index contributed by atoms with van der Waals surface area (Å²) in [6.07, 6.45) is 4.65. The molecule has 1 aromatic carbocycles. The molecule has 108 valence electrons. The molecule has 1 amide bonds. The summed E-state index contributed by atoms with van der Waals surface area (Å²) in [5.74, 6) is 0.257. The van der Waals surface area contributed by atoms with Gasteiger partial charge in [0.25, 0.3) is 5.91 Å². The van der Waals surface area contributed by atoms with E-state index in [1.807, 2.05) is 6.07 Å². The van der Waals surface area contributed by atoms with E-state index in [4.69, 9.17) is 17.0 Å². The zero-order valence-electron chi connectivity index (χ0n) is 11.2. The molecule has 0 aliphatic heterocycles. The zero-order valence-corrected chi connectivity index (χ0v) is 13.6. The second-order valence-electron chi connectivity index (χ2n) is 4.75. The van der Waals surface area contributed by atoms with Crippen molar-refractivity contribution in [1.29, 1.82) is 0 Å². The minimum atomic E-state index is -0.265. The van der Waals surface area contributed by atoms with Crippen molar-refractivity contribution < 1.29 is 9.53 Å². The lowest BCUT2D eigenvalue weighted by molar-refractivity contribution is 0.0973. The molecule has 0 saturated heterocycles. The number of thiocarbonyl (C=S) groups is 1. The van der Waals surface area contributed by atoms with Gasteiger partial charge in [-0.1, -0.05) is 28.8 Å². The maximum absolute atomic E-state index is 12.2. The molecule has 2 N–H and O–H groups in total. The molecule has 20 heavy (non-hydrogen) atoms. The predicted octanol–water partition coefficient (Wildman–Crippen LogP) is 3.00. The lowest BCUT2D eigenvalue weighted by Gasteiger charge is -2.15. The fourth-order valence-corrected chi connectivity index (χ4v) is 2.94. The number of carbonyl (C=O) groups excluding carboxylic acids is 1. The van der Waals surface area contributed by atoms with Crippen LogP contribution in [0.15, 0.2) is 22.7 Å². The van der Waals surface area contributed by atoms with Crippen LogP contribution in [-0.2, 0) is 0 Å². The van der Waals surface area contributed by atoms with Gasteiger partial charge in [0, 0.05) is 10.5 Å². The van der Waals surface area contributed by atoms with Gasteiger partial charge in [0.2, 0.25) is 0 Å². The van der Waals surface area contributed by atoms with E-state index >= 15 is 0 Å². The van der Waals surface area contributed by atoms with E-state index in [1.54, 1.807) is 12.1 Å². The summed E-state index contributed by atoms with van der Waals surface area (Å²) in [6, 6.07) is 5.66. The van der Waals surface area contributed by atoms with Crippen LogP contribution in [0.3, 0.4) is 0 Å². The molecule has 0 atom stereocenters.